The minimum Gasteiger partial charge on any atom is -0.399 e. The molecule has 0 aliphatic heterocycles. The average Bonchev–Trinajstić information content (AvgIpc) is 2.40. The van der Waals surface area contributed by atoms with Crippen molar-refractivity contribution in [2.45, 2.75) is 13.8 Å². The molecule has 2 N–H and O–H groups in total. The van der Waals surface area contributed by atoms with Gasteiger partial charge in [-0.2, -0.15) is 0 Å². The zero-order valence-electron chi connectivity index (χ0n) is 12.0. The zero-order valence-corrected chi connectivity index (χ0v) is 12.9. The summed E-state index contributed by atoms with van der Waals surface area (Å²) in [7, 11) is -1.75. The maximum absolute atomic E-state index is 12.2. The quantitative estimate of drug-likeness (QED) is 0.791. The molecular weight excluding hydrogens is 278 g/mol. The number of benzene rings is 1. The summed E-state index contributed by atoms with van der Waals surface area (Å²) >= 11 is 0. The first-order valence-corrected chi connectivity index (χ1v) is 7.96. The minimum absolute atomic E-state index is 0.00115. The number of carbonyl (C=O) groups excluding carboxylic acids is 1. The molecular formula is C13H21N3O3S. The minimum atomic E-state index is -3.39. The van der Waals surface area contributed by atoms with E-state index in [1.165, 1.54) is 16.1 Å². The summed E-state index contributed by atoms with van der Waals surface area (Å²) in [5.41, 5.74) is 6.74. The molecule has 1 aromatic rings. The molecule has 0 saturated carbocycles. The second-order valence-electron chi connectivity index (χ2n) is 4.50. The van der Waals surface area contributed by atoms with Gasteiger partial charge in [0.2, 0.25) is 15.9 Å². The fourth-order valence-corrected chi connectivity index (χ4v) is 2.74. The van der Waals surface area contributed by atoms with Crippen molar-refractivity contribution >= 4 is 27.3 Å². The first-order valence-electron chi connectivity index (χ1n) is 6.35. The Kier molecular flexibility index (Phi) is 5.38. The summed E-state index contributed by atoms with van der Waals surface area (Å²) in [6.07, 6.45) is 0. The van der Waals surface area contributed by atoms with Crippen LogP contribution in [0, 0.1) is 0 Å². The highest BCUT2D eigenvalue weighted by molar-refractivity contribution is 7.92. The number of hydrogen-bond donors (Lipinski definition) is 1. The second-order valence-corrected chi connectivity index (χ2v) is 6.69. The van der Waals surface area contributed by atoms with Gasteiger partial charge in [-0.3, -0.25) is 9.10 Å². The van der Waals surface area contributed by atoms with Gasteiger partial charge in [-0.25, -0.2) is 8.42 Å². The molecule has 0 aliphatic carbocycles. The Labute approximate surface area is 120 Å². The molecule has 0 aliphatic rings. The Bertz CT molecular complexity index is 555. The van der Waals surface area contributed by atoms with Crippen LogP contribution in [-0.2, 0) is 14.8 Å². The van der Waals surface area contributed by atoms with Crippen molar-refractivity contribution in [2.75, 3.05) is 35.9 Å². The lowest BCUT2D eigenvalue weighted by Gasteiger charge is -2.26. The first-order chi connectivity index (χ1) is 9.27. The number of carbonyl (C=O) groups is 1. The molecule has 6 nitrogen and oxygen atoms in total. The molecule has 0 spiro atoms. The van der Waals surface area contributed by atoms with Gasteiger partial charge in [-0.1, -0.05) is 0 Å². The highest BCUT2D eigenvalue weighted by Crippen LogP contribution is 2.19. The monoisotopic (exact) mass is 299 g/mol. The van der Waals surface area contributed by atoms with Gasteiger partial charge in [0.05, 0.1) is 18.0 Å². The molecule has 0 bridgehead atoms. The summed E-state index contributed by atoms with van der Waals surface area (Å²) in [6.45, 7) is 3.59. The van der Waals surface area contributed by atoms with E-state index >= 15 is 0 Å². The van der Waals surface area contributed by atoms with Crippen LogP contribution >= 0.6 is 0 Å². The van der Waals surface area contributed by atoms with Crippen molar-refractivity contribution in [3.05, 3.63) is 24.3 Å². The second kappa shape index (κ2) is 6.60. The fraction of sp³-hybridized carbons (Fsp3) is 0.462. The number of likely N-dealkylation sites (N-methyl/N-ethyl adjacent to an activating group) is 1. The fourth-order valence-electron chi connectivity index (χ4n) is 1.62. The van der Waals surface area contributed by atoms with Gasteiger partial charge in [0.15, 0.2) is 0 Å². The predicted molar refractivity (Wildman–Crippen MR) is 81.0 cm³/mol. The van der Waals surface area contributed by atoms with Crippen molar-refractivity contribution in [1.29, 1.82) is 0 Å². The van der Waals surface area contributed by atoms with E-state index in [1.54, 1.807) is 38.2 Å². The van der Waals surface area contributed by atoms with Crippen molar-refractivity contribution in [1.82, 2.24) is 4.90 Å². The molecule has 1 rings (SSSR count). The van der Waals surface area contributed by atoms with E-state index in [1.807, 2.05) is 0 Å². The molecule has 0 unspecified atom stereocenters. The smallest absolute Gasteiger partial charge is 0.234 e. The Morgan fingerprint density at radius 1 is 1.20 bits per heavy atom. The molecule has 0 atom stereocenters. The van der Waals surface area contributed by atoms with E-state index in [9.17, 15) is 13.2 Å². The molecule has 20 heavy (non-hydrogen) atoms. The summed E-state index contributed by atoms with van der Waals surface area (Å²) in [6, 6.07) is 6.64. The molecule has 0 aromatic heterocycles. The van der Waals surface area contributed by atoms with Crippen molar-refractivity contribution < 1.29 is 13.2 Å². The van der Waals surface area contributed by atoms with E-state index in [-0.39, 0.29) is 18.2 Å². The Balaban J connectivity index is 2.98. The number of amides is 1. The Morgan fingerprint density at radius 2 is 1.75 bits per heavy atom. The van der Waals surface area contributed by atoms with Gasteiger partial charge in [0.1, 0.15) is 0 Å². The SMILES string of the molecule is CCS(=O)(=O)N(CCN(C)C(C)=O)c1ccc(N)cc1. The lowest BCUT2D eigenvalue weighted by Crippen LogP contribution is -2.39. The van der Waals surface area contributed by atoms with Crippen molar-refractivity contribution in [2.24, 2.45) is 0 Å². The molecule has 1 aromatic carbocycles. The van der Waals surface area contributed by atoms with Crippen molar-refractivity contribution in [3.8, 4) is 0 Å². The highest BCUT2D eigenvalue weighted by atomic mass is 32.2. The zero-order chi connectivity index (χ0) is 15.3. The van der Waals surface area contributed by atoms with Crippen molar-refractivity contribution in [3.63, 3.8) is 0 Å². The highest BCUT2D eigenvalue weighted by Gasteiger charge is 2.21. The number of hydrogen-bond acceptors (Lipinski definition) is 4. The largest absolute Gasteiger partial charge is 0.399 e. The van der Waals surface area contributed by atoms with E-state index in [0.29, 0.717) is 17.9 Å². The van der Waals surface area contributed by atoms with Crippen LogP contribution in [0.3, 0.4) is 0 Å². The third kappa shape index (κ3) is 4.12. The normalized spacial score (nSPS) is 11.2. The van der Waals surface area contributed by atoms with Gasteiger partial charge in [-0.15, -0.1) is 0 Å². The van der Waals surface area contributed by atoms with Crippen LogP contribution in [-0.4, -0.2) is 45.1 Å². The standard InChI is InChI=1S/C13H21N3O3S/c1-4-20(18,19)16(10-9-15(3)11(2)17)13-7-5-12(14)6-8-13/h5-8H,4,9-10,14H2,1-3H3. The lowest BCUT2D eigenvalue weighted by molar-refractivity contribution is -0.127. The third-order valence-electron chi connectivity index (χ3n) is 3.06. The predicted octanol–water partition coefficient (Wildman–Crippen LogP) is 0.903. The number of rotatable bonds is 6. The van der Waals surface area contributed by atoms with Crippen LogP contribution in [0.1, 0.15) is 13.8 Å². The molecule has 7 heteroatoms. The number of nitrogen functional groups attached to an aromatic ring is 1. The van der Waals surface area contributed by atoms with Gasteiger partial charge in [-0.05, 0) is 31.2 Å². The van der Waals surface area contributed by atoms with Gasteiger partial charge >= 0.3 is 0 Å². The molecule has 1 amide bonds. The van der Waals surface area contributed by atoms with Gasteiger partial charge in [0, 0.05) is 26.2 Å². The van der Waals surface area contributed by atoms with E-state index in [2.05, 4.69) is 0 Å². The van der Waals surface area contributed by atoms with Crippen LogP contribution in [0.4, 0.5) is 11.4 Å². The maximum atomic E-state index is 12.2. The summed E-state index contributed by atoms with van der Waals surface area (Å²) in [5, 5.41) is 0. The van der Waals surface area contributed by atoms with Crippen LogP contribution in [0.15, 0.2) is 24.3 Å². The number of nitrogens with zero attached hydrogens (tertiary/aromatic N) is 2. The van der Waals surface area contributed by atoms with Crippen LogP contribution in [0.25, 0.3) is 0 Å². The summed E-state index contributed by atoms with van der Waals surface area (Å²) < 4.78 is 25.6. The maximum Gasteiger partial charge on any atom is 0.234 e. The molecule has 0 saturated heterocycles. The molecule has 112 valence electrons. The number of sulfonamides is 1. The topological polar surface area (TPSA) is 83.7 Å². The van der Waals surface area contributed by atoms with Crippen LogP contribution < -0.4 is 10.0 Å². The van der Waals surface area contributed by atoms with E-state index < -0.39 is 10.0 Å². The molecule has 0 radical (unpaired) electrons. The molecule has 0 fully saturated rings. The van der Waals surface area contributed by atoms with Gasteiger partial charge < -0.3 is 10.6 Å². The third-order valence-corrected chi connectivity index (χ3v) is 4.85. The Morgan fingerprint density at radius 3 is 2.20 bits per heavy atom. The summed E-state index contributed by atoms with van der Waals surface area (Å²) in [5.74, 6) is -0.0996. The van der Waals surface area contributed by atoms with Gasteiger partial charge in [0.25, 0.3) is 0 Å². The first kappa shape index (κ1) is 16.3. The molecule has 0 heterocycles. The number of anilines is 2. The van der Waals surface area contributed by atoms with E-state index in [0.717, 1.165) is 0 Å². The number of nitrogens with two attached hydrogens (primary N) is 1. The van der Waals surface area contributed by atoms with E-state index in [4.69, 9.17) is 5.73 Å². The summed E-state index contributed by atoms with van der Waals surface area (Å²) in [4.78, 5) is 12.7. The van der Waals surface area contributed by atoms with Crippen LogP contribution in [0.2, 0.25) is 0 Å². The average molecular weight is 299 g/mol. The Hall–Kier alpha value is -1.76. The van der Waals surface area contributed by atoms with Crippen LogP contribution in [0.5, 0.6) is 0 Å². The lowest BCUT2D eigenvalue weighted by atomic mass is 10.3.